The largest absolute Gasteiger partial charge is 0.304 e. The molecule has 100 valence electrons. The van der Waals surface area contributed by atoms with E-state index in [1.165, 1.54) is 6.07 Å². The van der Waals surface area contributed by atoms with E-state index in [2.05, 4.69) is 33.2 Å². The van der Waals surface area contributed by atoms with Crippen molar-refractivity contribution in [3.05, 3.63) is 64.1 Å². The molecule has 0 aliphatic carbocycles. The minimum absolute atomic E-state index is 0.0590. The van der Waals surface area contributed by atoms with Crippen molar-refractivity contribution in [3.8, 4) is 0 Å². The highest BCUT2D eigenvalue weighted by molar-refractivity contribution is 9.10. The quantitative estimate of drug-likeness (QED) is 0.902. The van der Waals surface area contributed by atoms with Crippen molar-refractivity contribution >= 4 is 15.9 Å². The highest BCUT2D eigenvalue weighted by Crippen LogP contribution is 2.23. The van der Waals surface area contributed by atoms with Gasteiger partial charge in [-0.1, -0.05) is 22.0 Å². The minimum Gasteiger partial charge on any atom is -0.304 e. The fourth-order valence-corrected chi connectivity index (χ4v) is 2.40. The summed E-state index contributed by atoms with van der Waals surface area (Å²) in [5, 5.41) is 3.39. The van der Waals surface area contributed by atoms with Crippen LogP contribution in [-0.2, 0) is 0 Å². The van der Waals surface area contributed by atoms with Crippen molar-refractivity contribution < 1.29 is 4.39 Å². The molecule has 0 aliphatic rings. The monoisotopic (exact) mass is 322 g/mol. The third-order valence-corrected chi connectivity index (χ3v) is 3.63. The van der Waals surface area contributed by atoms with Gasteiger partial charge in [0.2, 0.25) is 0 Å². The van der Waals surface area contributed by atoms with Crippen molar-refractivity contribution in [1.29, 1.82) is 0 Å². The van der Waals surface area contributed by atoms with E-state index in [4.69, 9.17) is 0 Å². The van der Waals surface area contributed by atoms with E-state index in [1.807, 2.05) is 25.1 Å². The number of halogens is 2. The minimum atomic E-state index is -0.198. The Balaban J connectivity index is 2.10. The zero-order chi connectivity index (χ0) is 13.8. The molecular formula is C15H16BrFN2. The standard InChI is InChI=1S/C15H16BrFN2/c1-10(12-5-7-18-8-6-12)19-11(2)14-4-3-13(16)9-15(14)17/h3-11,19H,1-2H3. The van der Waals surface area contributed by atoms with Gasteiger partial charge in [0.15, 0.2) is 0 Å². The third kappa shape index (κ3) is 3.61. The Kier molecular flexibility index (Phi) is 4.66. The average molecular weight is 323 g/mol. The Morgan fingerprint density at radius 3 is 2.42 bits per heavy atom. The summed E-state index contributed by atoms with van der Waals surface area (Å²) in [6.07, 6.45) is 3.52. The van der Waals surface area contributed by atoms with Gasteiger partial charge in [0.25, 0.3) is 0 Å². The van der Waals surface area contributed by atoms with Gasteiger partial charge in [-0.25, -0.2) is 4.39 Å². The lowest BCUT2D eigenvalue weighted by Gasteiger charge is -2.21. The van der Waals surface area contributed by atoms with Crippen LogP contribution in [0.25, 0.3) is 0 Å². The molecule has 0 saturated carbocycles. The van der Waals surface area contributed by atoms with Crippen molar-refractivity contribution in [1.82, 2.24) is 10.3 Å². The summed E-state index contributed by atoms with van der Waals surface area (Å²) in [4.78, 5) is 4.00. The summed E-state index contributed by atoms with van der Waals surface area (Å²) in [5.74, 6) is -0.198. The fraction of sp³-hybridized carbons (Fsp3) is 0.267. The SMILES string of the molecule is CC(NC(C)c1ccc(Br)cc1F)c1ccncc1. The summed E-state index contributed by atoms with van der Waals surface area (Å²) in [5.41, 5.74) is 1.81. The molecule has 0 spiro atoms. The van der Waals surface area contributed by atoms with Gasteiger partial charge < -0.3 is 5.32 Å². The average Bonchev–Trinajstić information content (AvgIpc) is 2.39. The number of rotatable bonds is 4. The molecule has 2 atom stereocenters. The van der Waals surface area contributed by atoms with Gasteiger partial charge in [0.1, 0.15) is 5.82 Å². The van der Waals surface area contributed by atoms with Gasteiger partial charge in [0.05, 0.1) is 0 Å². The first-order chi connectivity index (χ1) is 9.08. The number of pyridine rings is 1. The summed E-state index contributed by atoms with van der Waals surface area (Å²) in [6.45, 7) is 4.02. The van der Waals surface area contributed by atoms with Crippen LogP contribution in [0, 0.1) is 5.82 Å². The first-order valence-electron chi connectivity index (χ1n) is 6.19. The molecule has 2 nitrogen and oxygen atoms in total. The number of nitrogens with one attached hydrogen (secondary N) is 1. The van der Waals surface area contributed by atoms with Crippen LogP contribution >= 0.6 is 15.9 Å². The Morgan fingerprint density at radius 2 is 1.79 bits per heavy atom. The molecule has 1 aromatic heterocycles. The van der Waals surface area contributed by atoms with Crippen LogP contribution in [-0.4, -0.2) is 4.98 Å². The molecule has 4 heteroatoms. The van der Waals surface area contributed by atoms with Crippen molar-refractivity contribution in [3.63, 3.8) is 0 Å². The van der Waals surface area contributed by atoms with Crippen LogP contribution in [0.15, 0.2) is 47.2 Å². The zero-order valence-corrected chi connectivity index (χ0v) is 12.5. The molecule has 2 unspecified atom stereocenters. The van der Waals surface area contributed by atoms with Crippen molar-refractivity contribution in [2.75, 3.05) is 0 Å². The van der Waals surface area contributed by atoms with E-state index in [0.29, 0.717) is 5.56 Å². The molecule has 0 saturated heterocycles. The van der Waals surface area contributed by atoms with E-state index in [-0.39, 0.29) is 17.9 Å². The maximum atomic E-state index is 13.9. The molecule has 0 amide bonds. The van der Waals surface area contributed by atoms with Crippen LogP contribution in [0.1, 0.15) is 37.1 Å². The maximum Gasteiger partial charge on any atom is 0.129 e. The lowest BCUT2D eigenvalue weighted by Crippen LogP contribution is -2.23. The Bertz CT molecular complexity index is 545. The molecule has 0 fully saturated rings. The zero-order valence-electron chi connectivity index (χ0n) is 10.9. The first kappa shape index (κ1) is 14.2. The Morgan fingerprint density at radius 1 is 1.11 bits per heavy atom. The Hall–Kier alpha value is -1.26. The molecule has 2 aromatic rings. The predicted octanol–water partition coefficient (Wildman–Crippen LogP) is 4.40. The van der Waals surface area contributed by atoms with Crippen molar-refractivity contribution in [2.45, 2.75) is 25.9 Å². The van der Waals surface area contributed by atoms with Crippen LogP contribution in [0.3, 0.4) is 0 Å². The summed E-state index contributed by atoms with van der Waals surface area (Å²) >= 11 is 3.27. The molecule has 1 heterocycles. The van der Waals surface area contributed by atoms with E-state index in [9.17, 15) is 4.39 Å². The van der Waals surface area contributed by atoms with Crippen molar-refractivity contribution in [2.24, 2.45) is 0 Å². The lowest BCUT2D eigenvalue weighted by atomic mass is 10.0. The van der Waals surface area contributed by atoms with E-state index in [0.717, 1.165) is 10.0 Å². The van der Waals surface area contributed by atoms with E-state index < -0.39 is 0 Å². The molecule has 1 aromatic carbocycles. The predicted molar refractivity (Wildman–Crippen MR) is 78.3 cm³/mol. The van der Waals surface area contributed by atoms with Gasteiger partial charge in [0, 0.05) is 34.5 Å². The third-order valence-electron chi connectivity index (χ3n) is 3.14. The second-order valence-corrected chi connectivity index (χ2v) is 5.47. The lowest BCUT2D eigenvalue weighted by molar-refractivity contribution is 0.473. The molecule has 2 rings (SSSR count). The smallest absolute Gasteiger partial charge is 0.129 e. The topological polar surface area (TPSA) is 24.9 Å². The molecule has 19 heavy (non-hydrogen) atoms. The van der Waals surface area contributed by atoms with Gasteiger partial charge in [-0.3, -0.25) is 4.98 Å². The fourth-order valence-electron chi connectivity index (χ4n) is 2.07. The van der Waals surface area contributed by atoms with Crippen LogP contribution in [0.5, 0.6) is 0 Å². The molecule has 0 aliphatic heterocycles. The maximum absolute atomic E-state index is 13.9. The summed E-state index contributed by atoms with van der Waals surface area (Å²) in [7, 11) is 0. The molecule has 1 N–H and O–H groups in total. The normalized spacial score (nSPS) is 14.1. The van der Waals surface area contributed by atoms with Gasteiger partial charge in [-0.2, -0.15) is 0 Å². The van der Waals surface area contributed by atoms with Crippen LogP contribution in [0.4, 0.5) is 4.39 Å². The van der Waals surface area contributed by atoms with Gasteiger partial charge >= 0.3 is 0 Å². The van der Waals surface area contributed by atoms with E-state index >= 15 is 0 Å². The number of benzene rings is 1. The summed E-state index contributed by atoms with van der Waals surface area (Å²) in [6, 6.07) is 9.15. The Labute approximate surface area is 121 Å². The van der Waals surface area contributed by atoms with E-state index in [1.54, 1.807) is 18.5 Å². The first-order valence-corrected chi connectivity index (χ1v) is 6.98. The van der Waals surface area contributed by atoms with Crippen LogP contribution < -0.4 is 5.32 Å². The number of hydrogen-bond acceptors (Lipinski definition) is 2. The number of nitrogens with zero attached hydrogens (tertiary/aromatic N) is 1. The highest BCUT2D eigenvalue weighted by Gasteiger charge is 2.14. The second-order valence-electron chi connectivity index (χ2n) is 4.56. The van der Waals surface area contributed by atoms with Crippen LogP contribution in [0.2, 0.25) is 0 Å². The molecular weight excluding hydrogens is 307 g/mol. The number of aromatic nitrogens is 1. The molecule has 0 radical (unpaired) electrons. The van der Waals surface area contributed by atoms with Gasteiger partial charge in [-0.05, 0) is 43.7 Å². The molecule has 0 bridgehead atoms. The summed E-state index contributed by atoms with van der Waals surface area (Å²) < 4.78 is 14.6. The second kappa shape index (κ2) is 6.26. The highest BCUT2D eigenvalue weighted by atomic mass is 79.9. The number of hydrogen-bond donors (Lipinski definition) is 1. The van der Waals surface area contributed by atoms with Gasteiger partial charge in [-0.15, -0.1) is 0 Å².